The van der Waals surface area contributed by atoms with Crippen LogP contribution in [0.5, 0.6) is 23.0 Å². The van der Waals surface area contributed by atoms with Crippen LogP contribution >= 0.6 is 0 Å². The second-order valence-corrected chi connectivity index (χ2v) is 14.8. The number of fused-ring (bicyclic) bond motifs is 2. The molecule has 12 heteroatoms. The van der Waals surface area contributed by atoms with Crippen molar-refractivity contribution in [2.24, 2.45) is 0 Å². The van der Waals surface area contributed by atoms with Crippen LogP contribution in [0.2, 0.25) is 0 Å². The molecule has 4 rings (SSSR count). The quantitative estimate of drug-likeness (QED) is 0.0397. The lowest BCUT2D eigenvalue weighted by Gasteiger charge is -2.19. The number of unbranched alkanes of at least 4 members (excludes halogenated alkanes) is 12. The Kier molecular flexibility index (Phi) is 21.6. The maximum Gasteiger partial charge on any atom is 0.340 e. The Hall–Kier alpha value is -5.52. The standard InChI is InChI=1S/2C24H32O6/c2*1-3-5-7-11-15-29-21-17-13-9-10-14-18(17)22(30-16-12-8-6-4-2)20(24(27)28)19(21)23(25)26/h2*9-10,13-14H,3-8,11-12,15-16H2,1-2H3,(H,25,26)(H,27,28). The first-order valence-corrected chi connectivity index (χ1v) is 21.7. The van der Waals surface area contributed by atoms with E-state index >= 15 is 0 Å². The van der Waals surface area contributed by atoms with Crippen molar-refractivity contribution in [3.63, 3.8) is 0 Å². The summed E-state index contributed by atoms with van der Waals surface area (Å²) in [5.41, 5.74) is -1.39. The van der Waals surface area contributed by atoms with E-state index in [0.717, 1.165) is 103 Å². The van der Waals surface area contributed by atoms with E-state index in [-0.39, 0.29) is 45.3 Å². The molecule has 0 unspecified atom stereocenters. The SMILES string of the molecule is CCCCCCOc1c(C(=O)O)c(C(=O)O)c(OCCCCCC)c2ccccc12.CCCCCCOc1c(C(=O)O)c(C(=O)O)c(OCCCCCC)c2ccccc12. The van der Waals surface area contributed by atoms with Gasteiger partial charge in [0.05, 0.1) is 26.4 Å². The summed E-state index contributed by atoms with van der Waals surface area (Å²) >= 11 is 0. The van der Waals surface area contributed by atoms with Crippen LogP contribution in [-0.4, -0.2) is 70.7 Å². The van der Waals surface area contributed by atoms with Gasteiger partial charge in [0.15, 0.2) is 0 Å². The van der Waals surface area contributed by atoms with Gasteiger partial charge in [-0.15, -0.1) is 0 Å². The molecule has 12 nitrogen and oxygen atoms in total. The summed E-state index contributed by atoms with van der Waals surface area (Å²) in [5, 5.41) is 41.7. The number of rotatable bonds is 28. The molecule has 4 aromatic carbocycles. The van der Waals surface area contributed by atoms with Crippen LogP contribution < -0.4 is 18.9 Å². The number of carboxylic acids is 4. The second kappa shape index (κ2) is 26.6. The average Bonchev–Trinajstić information content (AvgIpc) is 3.23. The van der Waals surface area contributed by atoms with Gasteiger partial charge in [-0.25, -0.2) is 19.2 Å². The van der Waals surface area contributed by atoms with Crippen molar-refractivity contribution in [1.29, 1.82) is 0 Å². The summed E-state index contributed by atoms with van der Waals surface area (Å²) < 4.78 is 23.4. The lowest BCUT2D eigenvalue weighted by molar-refractivity contribution is 0.0643. The summed E-state index contributed by atoms with van der Waals surface area (Å²) in [4.78, 5) is 48.4. The lowest BCUT2D eigenvalue weighted by Crippen LogP contribution is -2.15. The Morgan fingerprint density at radius 1 is 0.350 bits per heavy atom. The number of ether oxygens (including phenoxy) is 4. The molecule has 0 radical (unpaired) electrons. The zero-order chi connectivity index (χ0) is 43.9. The first kappa shape index (κ1) is 48.8. The van der Waals surface area contributed by atoms with Gasteiger partial charge in [0, 0.05) is 21.5 Å². The normalized spacial score (nSPS) is 10.9. The highest BCUT2D eigenvalue weighted by molar-refractivity contribution is 6.15. The molecule has 0 aromatic heterocycles. The Morgan fingerprint density at radius 2 is 0.550 bits per heavy atom. The molecule has 328 valence electrons. The molecular weight excluding hydrogens is 769 g/mol. The first-order chi connectivity index (χ1) is 29.0. The largest absolute Gasteiger partial charge is 0.492 e. The summed E-state index contributed by atoms with van der Waals surface area (Å²) in [5.74, 6) is -4.93. The van der Waals surface area contributed by atoms with Crippen molar-refractivity contribution < 1.29 is 58.6 Å². The van der Waals surface area contributed by atoms with Crippen LogP contribution in [-0.2, 0) is 0 Å². The van der Waals surface area contributed by atoms with Crippen LogP contribution in [0, 0.1) is 0 Å². The van der Waals surface area contributed by atoms with E-state index in [2.05, 4.69) is 27.7 Å². The van der Waals surface area contributed by atoms with E-state index in [1.807, 2.05) is 0 Å². The fourth-order valence-electron chi connectivity index (χ4n) is 6.98. The number of hydrogen-bond acceptors (Lipinski definition) is 8. The van der Waals surface area contributed by atoms with E-state index in [1.165, 1.54) is 0 Å². The Balaban J connectivity index is 0.000000320. The highest BCUT2D eigenvalue weighted by Gasteiger charge is 2.31. The van der Waals surface area contributed by atoms with Gasteiger partial charge in [0.25, 0.3) is 0 Å². The molecule has 0 fully saturated rings. The van der Waals surface area contributed by atoms with Crippen LogP contribution in [0.25, 0.3) is 21.5 Å². The van der Waals surface area contributed by atoms with Gasteiger partial charge < -0.3 is 39.4 Å². The fraction of sp³-hybridized carbons (Fsp3) is 0.500. The Labute approximate surface area is 353 Å². The molecule has 4 aromatic rings. The summed E-state index contributed by atoms with van der Waals surface area (Å²) in [6.45, 7) is 9.77. The molecule has 0 aliphatic heterocycles. The van der Waals surface area contributed by atoms with Crippen molar-refractivity contribution in [3.8, 4) is 23.0 Å². The van der Waals surface area contributed by atoms with Crippen molar-refractivity contribution in [3.05, 3.63) is 70.8 Å². The predicted molar refractivity (Wildman–Crippen MR) is 234 cm³/mol. The monoisotopic (exact) mass is 832 g/mol. The van der Waals surface area contributed by atoms with E-state index in [0.29, 0.717) is 48.0 Å². The van der Waals surface area contributed by atoms with E-state index in [9.17, 15) is 39.6 Å². The highest BCUT2D eigenvalue weighted by Crippen LogP contribution is 2.43. The third-order valence-electron chi connectivity index (χ3n) is 10.1. The number of carbonyl (C=O) groups is 4. The molecule has 60 heavy (non-hydrogen) atoms. The third-order valence-corrected chi connectivity index (χ3v) is 10.1. The molecule has 0 saturated heterocycles. The molecule has 4 N–H and O–H groups in total. The van der Waals surface area contributed by atoms with Gasteiger partial charge in [-0.05, 0) is 25.7 Å². The van der Waals surface area contributed by atoms with Gasteiger partial charge in [0.2, 0.25) is 0 Å². The van der Waals surface area contributed by atoms with Gasteiger partial charge in [-0.1, -0.05) is 153 Å². The van der Waals surface area contributed by atoms with Crippen molar-refractivity contribution in [2.45, 2.75) is 130 Å². The van der Waals surface area contributed by atoms with Crippen LogP contribution in [0.1, 0.15) is 172 Å². The van der Waals surface area contributed by atoms with Crippen LogP contribution in [0.4, 0.5) is 0 Å². The Morgan fingerprint density at radius 3 is 0.717 bits per heavy atom. The number of carboxylic acid groups (broad SMARTS) is 4. The van der Waals surface area contributed by atoms with Crippen molar-refractivity contribution in [1.82, 2.24) is 0 Å². The van der Waals surface area contributed by atoms with E-state index in [4.69, 9.17) is 18.9 Å². The highest BCUT2D eigenvalue weighted by atomic mass is 16.5. The Bertz CT molecular complexity index is 1720. The van der Waals surface area contributed by atoms with Gasteiger partial charge in [-0.2, -0.15) is 0 Å². The second-order valence-electron chi connectivity index (χ2n) is 14.8. The average molecular weight is 833 g/mol. The topological polar surface area (TPSA) is 186 Å². The predicted octanol–water partition coefficient (Wildman–Crippen LogP) is 12.3. The molecule has 0 heterocycles. The molecular formula is C48H64O12. The van der Waals surface area contributed by atoms with Crippen LogP contribution in [0.3, 0.4) is 0 Å². The molecule has 0 spiro atoms. The zero-order valence-electron chi connectivity index (χ0n) is 35.8. The molecule has 0 aliphatic rings. The lowest BCUT2D eigenvalue weighted by atomic mass is 9.97. The molecule has 0 atom stereocenters. The van der Waals surface area contributed by atoms with Crippen molar-refractivity contribution in [2.75, 3.05) is 26.4 Å². The van der Waals surface area contributed by atoms with E-state index < -0.39 is 23.9 Å². The van der Waals surface area contributed by atoms with E-state index in [1.54, 1.807) is 48.5 Å². The summed E-state index contributed by atoms with van der Waals surface area (Å²) in [7, 11) is 0. The number of aromatic carboxylic acids is 4. The summed E-state index contributed by atoms with van der Waals surface area (Å²) in [6, 6.07) is 14.1. The molecule has 0 amide bonds. The minimum Gasteiger partial charge on any atom is -0.492 e. The first-order valence-electron chi connectivity index (χ1n) is 21.7. The van der Waals surface area contributed by atoms with Gasteiger partial charge in [-0.3, -0.25) is 0 Å². The number of benzene rings is 4. The molecule has 0 aliphatic carbocycles. The van der Waals surface area contributed by atoms with Crippen molar-refractivity contribution >= 4 is 45.4 Å². The molecule has 0 bridgehead atoms. The van der Waals surface area contributed by atoms with Crippen LogP contribution in [0.15, 0.2) is 48.5 Å². The molecule has 0 saturated carbocycles. The minimum atomic E-state index is -1.34. The maximum absolute atomic E-state index is 12.1. The zero-order valence-corrected chi connectivity index (χ0v) is 35.8. The smallest absolute Gasteiger partial charge is 0.340 e. The van der Waals surface area contributed by atoms with Gasteiger partial charge in [0.1, 0.15) is 45.3 Å². The van der Waals surface area contributed by atoms with Gasteiger partial charge >= 0.3 is 23.9 Å². The third kappa shape index (κ3) is 13.8. The number of hydrogen-bond donors (Lipinski definition) is 4. The minimum absolute atomic E-state index is 0.102. The maximum atomic E-state index is 12.1. The fourth-order valence-corrected chi connectivity index (χ4v) is 6.98. The summed E-state index contributed by atoms with van der Waals surface area (Å²) in [6.07, 6.45) is 15.6.